The number of amides is 1. The van der Waals surface area contributed by atoms with E-state index >= 15 is 0 Å². The van der Waals surface area contributed by atoms with Gasteiger partial charge in [0, 0.05) is 17.7 Å². The van der Waals surface area contributed by atoms with Crippen LogP contribution >= 0.6 is 11.6 Å². The predicted octanol–water partition coefficient (Wildman–Crippen LogP) is 4.58. The van der Waals surface area contributed by atoms with Gasteiger partial charge >= 0.3 is 0 Å². The molecule has 1 saturated carbocycles. The van der Waals surface area contributed by atoms with Gasteiger partial charge < -0.3 is 24.9 Å². The summed E-state index contributed by atoms with van der Waals surface area (Å²) >= 11 is 6.48. The van der Waals surface area contributed by atoms with Gasteiger partial charge in [0.05, 0.1) is 17.2 Å². The Bertz CT molecular complexity index is 1350. The average molecular weight is 520 g/mol. The molecule has 1 aliphatic carbocycles. The molecular formula is C29H30ClN3O4. The number of hydrogen-bond acceptors (Lipinski definition) is 6. The van der Waals surface area contributed by atoms with E-state index in [4.69, 9.17) is 21.2 Å². The van der Waals surface area contributed by atoms with E-state index in [2.05, 4.69) is 15.4 Å². The highest BCUT2D eigenvalue weighted by Gasteiger charge is 2.31. The topological polar surface area (TPSA) is 83.4 Å². The third-order valence-electron chi connectivity index (χ3n) is 7.28. The molecule has 3 aliphatic rings. The maximum Gasteiger partial charge on any atom is 0.274 e. The van der Waals surface area contributed by atoms with E-state index in [1.54, 1.807) is 12.1 Å². The molecule has 1 amide bonds. The minimum Gasteiger partial charge on any atom is -0.489 e. The fraction of sp³-hybridized carbons (Fsp3) is 0.379. The molecule has 2 aliphatic heterocycles. The molecule has 7 nitrogen and oxygen atoms in total. The number of ether oxygens (including phenoxy) is 1. The molecule has 1 saturated heterocycles. The molecule has 192 valence electrons. The van der Waals surface area contributed by atoms with Gasteiger partial charge in [-0.25, -0.2) is 0 Å². The standard InChI is InChI=1S/C29H30ClN3O4/c30-24-15-20(7-10-26(24)37-22-8-9-22)28(34)25(16-33-11-3-4-12-33)31-29(35)27-23-14-19-6-2-1-5-18(19)13-21(23)17-36-32-27/h1-2,5-7,10,13-15,22,25,28,34H,3-4,8-9,11-12,16-17H2,(H,31,35). The molecule has 0 radical (unpaired) electrons. The van der Waals surface area contributed by atoms with Crippen molar-refractivity contribution in [2.24, 2.45) is 5.16 Å². The first-order chi connectivity index (χ1) is 18.0. The van der Waals surface area contributed by atoms with Crippen LogP contribution in [0.15, 0.2) is 59.8 Å². The lowest BCUT2D eigenvalue weighted by Crippen LogP contribution is -2.49. The number of likely N-dealkylation sites (tertiary alicyclic amines) is 1. The third-order valence-corrected chi connectivity index (χ3v) is 7.58. The van der Waals surface area contributed by atoms with Crippen LogP contribution in [0.2, 0.25) is 5.02 Å². The summed E-state index contributed by atoms with van der Waals surface area (Å²) in [6.07, 6.45) is 3.56. The number of halogens is 1. The van der Waals surface area contributed by atoms with Gasteiger partial charge in [0.25, 0.3) is 5.91 Å². The van der Waals surface area contributed by atoms with Crippen molar-refractivity contribution in [2.45, 2.75) is 50.5 Å². The monoisotopic (exact) mass is 519 g/mol. The highest BCUT2D eigenvalue weighted by molar-refractivity contribution is 6.46. The Morgan fingerprint density at radius 3 is 2.62 bits per heavy atom. The predicted molar refractivity (Wildman–Crippen MR) is 143 cm³/mol. The molecule has 37 heavy (non-hydrogen) atoms. The first kappa shape index (κ1) is 24.2. The molecule has 2 fully saturated rings. The highest BCUT2D eigenvalue weighted by Crippen LogP contribution is 2.34. The van der Waals surface area contributed by atoms with Gasteiger partial charge in [0.2, 0.25) is 0 Å². The Morgan fingerprint density at radius 1 is 1.14 bits per heavy atom. The Kier molecular flexibility index (Phi) is 6.76. The van der Waals surface area contributed by atoms with E-state index in [0.717, 1.165) is 60.7 Å². The average Bonchev–Trinajstić information content (AvgIpc) is 3.58. The fourth-order valence-corrected chi connectivity index (χ4v) is 5.34. The smallest absolute Gasteiger partial charge is 0.274 e. The van der Waals surface area contributed by atoms with E-state index in [9.17, 15) is 9.90 Å². The van der Waals surface area contributed by atoms with E-state index in [1.807, 2.05) is 42.5 Å². The quantitative estimate of drug-likeness (QED) is 0.455. The molecule has 2 heterocycles. The molecule has 3 aromatic carbocycles. The van der Waals surface area contributed by atoms with Gasteiger partial charge in [-0.15, -0.1) is 0 Å². The second kappa shape index (κ2) is 10.3. The van der Waals surface area contributed by atoms with Crippen LogP contribution < -0.4 is 10.1 Å². The molecule has 0 aromatic heterocycles. The third kappa shape index (κ3) is 5.30. The maximum atomic E-state index is 13.6. The van der Waals surface area contributed by atoms with Gasteiger partial charge in [-0.05, 0) is 79.4 Å². The Balaban J connectivity index is 1.25. The zero-order valence-electron chi connectivity index (χ0n) is 20.5. The first-order valence-electron chi connectivity index (χ1n) is 12.9. The van der Waals surface area contributed by atoms with Crippen LogP contribution in [0.5, 0.6) is 5.75 Å². The number of carbonyl (C=O) groups is 1. The molecule has 2 atom stereocenters. The molecule has 3 aromatic rings. The van der Waals surface area contributed by atoms with Crippen molar-refractivity contribution < 1.29 is 19.5 Å². The SMILES string of the molecule is O=C(NC(CN1CCCC1)C(O)c1ccc(OC2CC2)c(Cl)c1)C1=NOCc2cc3ccccc3cc21. The Labute approximate surface area is 221 Å². The summed E-state index contributed by atoms with van der Waals surface area (Å²) in [6, 6.07) is 16.8. The fourth-order valence-electron chi connectivity index (χ4n) is 5.11. The van der Waals surface area contributed by atoms with E-state index < -0.39 is 12.1 Å². The summed E-state index contributed by atoms with van der Waals surface area (Å²) in [5.41, 5.74) is 2.51. The molecule has 8 heteroatoms. The number of aliphatic hydroxyl groups is 1. The lowest BCUT2D eigenvalue weighted by atomic mass is 9.96. The van der Waals surface area contributed by atoms with Crippen LogP contribution in [0.1, 0.15) is 48.5 Å². The van der Waals surface area contributed by atoms with Crippen LogP contribution in [0, 0.1) is 0 Å². The van der Waals surface area contributed by atoms with Crippen molar-refractivity contribution in [2.75, 3.05) is 19.6 Å². The number of aliphatic hydroxyl groups excluding tert-OH is 1. The van der Waals surface area contributed by atoms with Gasteiger partial charge in [-0.2, -0.15) is 0 Å². The highest BCUT2D eigenvalue weighted by atomic mass is 35.5. The zero-order chi connectivity index (χ0) is 25.4. The number of carbonyl (C=O) groups excluding carboxylic acids is 1. The first-order valence-corrected chi connectivity index (χ1v) is 13.3. The summed E-state index contributed by atoms with van der Waals surface area (Å²) in [4.78, 5) is 21.3. The van der Waals surface area contributed by atoms with Crippen molar-refractivity contribution >= 4 is 34.0 Å². The number of nitrogens with one attached hydrogen (secondary N) is 1. The normalized spacial score (nSPS) is 19.0. The minimum atomic E-state index is -0.960. The Morgan fingerprint density at radius 2 is 1.89 bits per heavy atom. The molecule has 0 bridgehead atoms. The minimum absolute atomic E-state index is 0.219. The summed E-state index contributed by atoms with van der Waals surface area (Å²) in [5.74, 6) is 0.247. The lowest BCUT2D eigenvalue weighted by molar-refractivity contribution is -0.116. The van der Waals surface area contributed by atoms with Gasteiger partial charge in [-0.3, -0.25) is 4.79 Å². The van der Waals surface area contributed by atoms with E-state index in [1.165, 1.54) is 0 Å². The lowest BCUT2D eigenvalue weighted by Gasteiger charge is -2.29. The van der Waals surface area contributed by atoms with Crippen molar-refractivity contribution in [1.29, 1.82) is 0 Å². The van der Waals surface area contributed by atoms with Crippen molar-refractivity contribution in [3.8, 4) is 5.75 Å². The summed E-state index contributed by atoms with van der Waals surface area (Å²) in [6.45, 7) is 2.70. The largest absolute Gasteiger partial charge is 0.489 e. The summed E-state index contributed by atoms with van der Waals surface area (Å²) in [5, 5.41) is 21.2. The zero-order valence-corrected chi connectivity index (χ0v) is 21.3. The van der Waals surface area contributed by atoms with Crippen LogP contribution in [0.4, 0.5) is 0 Å². The number of hydrogen-bond donors (Lipinski definition) is 2. The molecular weight excluding hydrogens is 490 g/mol. The van der Waals surface area contributed by atoms with Crippen LogP contribution in [0.3, 0.4) is 0 Å². The van der Waals surface area contributed by atoms with E-state index in [0.29, 0.717) is 29.5 Å². The number of benzene rings is 3. The summed E-state index contributed by atoms with van der Waals surface area (Å²) < 4.78 is 5.85. The van der Waals surface area contributed by atoms with Crippen molar-refractivity contribution in [3.63, 3.8) is 0 Å². The summed E-state index contributed by atoms with van der Waals surface area (Å²) in [7, 11) is 0. The maximum absolute atomic E-state index is 13.6. The van der Waals surface area contributed by atoms with Crippen LogP contribution in [0.25, 0.3) is 10.8 Å². The Hall–Kier alpha value is -3.13. The van der Waals surface area contributed by atoms with Crippen molar-refractivity contribution in [1.82, 2.24) is 10.2 Å². The molecule has 2 N–H and O–H groups in total. The van der Waals surface area contributed by atoms with E-state index in [-0.39, 0.29) is 17.7 Å². The molecule has 6 rings (SSSR count). The second-order valence-electron chi connectivity index (χ2n) is 10.1. The molecule has 2 unspecified atom stereocenters. The van der Waals surface area contributed by atoms with Gasteiger partial charge in [0.1, 0.15) is 18.5 Å². The number of rotatable bonds is 8. The van der Waals surface area contributed by atoms with Crippen LogP contribution in [-0.4, -0.2) is 53.4 Å². The van der Waals surface area contributed by atoms with Crippen LogP contribution in [-0.2, 0) is 16.2 Å². The van der Waals surface area contributed by atoms with Crippen molar-refractivity contribution in [3.05, 3.63) is 76.3 Å². The molecule has 0 spiro atoms. The number of fused-ring (bicyclic) bond motifs is 2. The number of nitrogens with zero attached hydrogens (tertiary/aromatic N) is 2. The van der Waals surface area contributed by atoms with Gasteiger partial charge in [0.15, 0.2) is 5.71 Å². The number of oxime groups is 1. The second-order valence-corrected chi connectivity index (χ2v) is 10.5. The van der Waals surface area contributed by atoms with Gasteiger partial charge in [-0.1, -0.05) is 47.1 Å².